The second-order valence-electron chi connectivity index (χ2n) is 5.58. The topological polar surface area (TPSA) is 29.5 Å². The van der Waals surface area contributed by atoms with Gasteiger partial charge in [0.15, 0.2) is 0 Å². The molecule has 1 aliphatic carbocycles. The van der Waals surface area contributed by atoms with Crippen LogP contribution in [0.5, 0.6) is 0 Å². The summed E-state index contributed by atoms with van der Waals surface area (Å²) in [5.74, 6) is 2.32. The number of carbonyl (C=O) groups excluding carboxylic acids is 1. The minimum Gasteiger partial charge on any atom is -0.381 e. The first-order chi connectivity index (χ1) is 7.84. The van der Waals surface area contributed by atoms with Gasteiger partial charge in [-0.1, -0.05) is 6.42 Å². The summed E-state index contributed by atoms with van der Waals surface area (Å²) in [6, 6.07) is 0. The minimum absolute atomic E-state index is 0.257. The fourth-order valence-corrected chi connectivity index (χ4v) is 3.62. The first-order valence-corrected chi connectivity index (χ1v) is 6.71. The quantitative estimate of drug-likeness (QED) is 0.677. The van der Waals surface area contributed by atoms with E-state index in [1.807, 2.05) is 0 Å². The Bertz CT molecular complexity index is 261. The van der Waals surface area contributed by atoms with Crippen LogP contribution in [0.4, 0.5) is 0 Å². The van der Waals surface area contributed by atoms with E-state index in [0.29, 0.717) is 5.91 Å². The summed E-state index contributed by atoms with van der Waals surface area (Å²) in [6.07, 6.45) is 5.95. The predicted molar refractivity (Wildman–Crippen MR) is 61.0 cm³/mol. The normalized spacial score (nSPS) is 35.4. The van der Waals surface area contributed by atoms with Gasteiger partial charge in [0, 0.05) is 32.2 Å². The zero-order valence-electron chi connectivity index (χ0n) is 9.86. The number of rotatable bonds is 1. The fraction of sp³-hybridized carbons (Fsp3) is 0.923. The molecule has 0 N–H and O–H groups in total. The largest absolute Gasteiger partial charge is 0.381 e. The minimum atomic E-state index is 0.257. The number of fused-ring (bicyclic) bond motifs is 1. The number of ether oxygens (including phenoxy) is 1. The lowest BCUT2D eigenvalue weighted by molar-refractivity contribution is -0.137. The monoisotopic (exact) mass is 223 g/mol. The summed E-state index contributed by atoms with van der Waals surface area (Å²) in [7, 11) is 0. The molecule has 3 aliphatic rings. The van der Waals surface area contributed by atoms with E-state index in [1.54, 1.807) is 0 Å². The van der Waals surface area contributed by atoms with Gasteiger partial charge < -0.3 is 9.64 Å². The molecule has 2 aliphatic heterocycles. The highest BCUT2D eigenvalue weighted by Crippen LogP contribution is 2.38. The maximum atomic E-state index is 12.3. The lowest BCUT2D eigenvalue weighted by atomic mass is 9.99. The van der Waals surface area contributed by atoms with Gasteiger partial charge in [-0.2, -0.15) is 0 Å². The third kappa shape index (κ3) is 1.86. The van der Waals surface area contributed by atoms with E-state index >= 15 is 0 Å². The lowest BCUT2D eigenvalue weighted by Gasteiger charge is -2.26. The molecule has 3 rings (SSSR count). The van der Waals surface area contributed by atoms with Gasteiger partial charge in [-0.25, -0.2) is 0 Å². The Balaban J connectivity index is 1.59. The molecule has 3 fully saturated rings. The summed E-state index contributed by atoms with van der Waals surface area (Å²) in [4.78, 5) is 14.4. The van der Waals surface area contributed by atoms with E-state index in [0.717, 1.165) is 51.0 Å². The van der Waals surface area contributed by atoms with Crippen LogP contribution in [0.2, 0.25) is 0 Å². The molecule has 0 aromatic heterocycles. The van der Waals surface area contributed by atoms with Crippen LogP contribution in [0.1, 0.15) is 32.1 Å². The van der Waals surface area contributed by atoms with Crippen LogP contribution in [0.25, 0.3) is 0 Å². The van der Waals surface area contributed by atoms with E-state index < -0.39 is 0 Å². The van der Waals surface area contributed by atoms with Gasteiger partial charge >= 0.3 is 0 Å². The van der Waals surface area contributed by atoms with E-state index in [9.17, 15) is 4.79 Å². The van der Waals surface area contributed by atoms with E-state index in [2.05, 4.69) is 4.90 Å². The molecular formula is C13H21NO2. The molecule has 2 heterocycles. The van der Waals surface area contributed by atoms with Crippen LogP contribution in [0.15, 0.2) is 0 Å². The molecule has 1 amide bonds. The van der Waals surface area contributed by atoms with Crippen molar-refractivity contribution in [1.82, 2.24) is 4.90 Å². The molecule has 2 saturated heterocycles. The molecule has 2 atom stereocenters. The third-order valence-corrected chi connectivity index (χ3v) is 4.61. The molecule has 3 heteroatoms. The van der Waals surface area contributed by atoms with Crippen molar-refractivity contribution in [3.8, 4) is 0 Å². The highest BCUT2D eigenvalue weighted by atomic mass is 16.5. The van der Waals surface area contributed by atoms with Crippen LogP contribution < -0.4 is 0 Å². The van der Waals surface area contributed by atoms with E-state index in [-0.39, 0.29) is 5.92 Å². The van der Waals surface area contributed by atoms with Crippen molar-refractivity contribution in [3.05, 3.63) is 0 Å². The highest BCUT2D eigenvalue weighted by Gasteiger charge is 2.39. The van der Waals surface area contributed by atoms with Crippen molar-refractivity contribution in [2.45, 2.75) is 32.1 Å². The fourth-order valence-electron chi connectivity index (χ4n) is 3.62. The van der Waals surface area contributed by atoms with Gasteiger partial charge in [-0.3, -0.25) is 4.79 Å². The molecule has 0 radical (unpaired) electrons. The Kier molecular flexibility index (Phi) is 2.88. The maximum Gasteiger partial charge on any atom is 0.225 e. The zero-order valence-corrected chi connectivity index (χ0v) is 9.86. The number of nitrogens with zero attached hydrogens (tertiary/aromatic N) is 1. The van der Waals surface area contributed by atoms with Crippen LogP contribution in [-0.2, 0) is 9.53 Å². The van der Waals surface area contributed by atoms with Gasteiger partial charge in [0.25, 0.3) is 0 Å². The summed E-state index contributed by atoms with van der Waals surface area (Å²) in [5.41, 5.74) is 0. The molecule has 16 heavy (non-hydrogen) atoms. The molecule has 1 saturated carbocycles. The Hall–Kier alpha value is -0.570. The van der Waals surface area contributed by atoms with Crippen molar-refractivity contribution in [2.24, 2.45) is 17.8 Å². The summed E-state index contributed by atoms with van der Waals surface area (Å²) in [6.45, 7) is 3.63. The first kappa shape index (κ1) is 10.6. The van der Waals surface area contributed by atoms with Crippen LogP contribution in [-0.4, -0.2) is 37.1 Å². The van der Waals surface area contributed by atoms with Crippen molar-refractivity contribution in [3.63, 3.8) is 0 Å². The SMILES string of the molecule is O=C(C1CCOCC1)N1CC2CCCC2C1. The van der Waals surface area contributed by atoms with Crippen LogP contribution in [0, 0.1) is 17.8 Å². The molecule has 0 aromatic rings. The summed E-state index contributed by atoms with van der Waals surface area (Å²) < 4.78 is 5.32. The van der Waals surface area contributed by atoms with Crippen molar-refractivity contribution < 1.29 is 9.53 Å². The molecular weight excluding hydrogens is 202 g/mol. The smallest absolute Gasteiger partial charge is 0.225 e. The number of likely N-dealkylation sites (tertiary alicyclic amines) is 1. The predicted octanol–water partition coefficient (Wildman–Crippen LogP) is 1.67. The Morgan fingerprint density at radius 2 is 1.62 bits per heavy atom. The Morgan fingerprint density at radius 1 is 1.00 bits per heavy atom. The Labute approximate surface area is 97.1 Å². The van der Waals surface area contributed by atoms with Gasteiger partial charge in [0.1, 0.15) is 0 Å². The third-order valence-electron chi connectivity index (χ3n) is 4.61. The Morgan fingerprint density at radius 3 is 2.25 bits per heavy atom. The highest BCUT2D eigenvalue weighted by molar-refractivity contribution is 5.79. The van der Waals surface area contributed by atoms with E-state index in [4.69, 9.17) is 4.74 Å². The second-order valence-corrected chi connectivity index (χ2v) is 5.58. The zero-order chi connectivity index (χ0) is 11.0. The van der Waals surface area contributed by atoms with Gasteiger partial charge in [0.2, 0.25) is 5.91 Å². The average molecular weight is 223 g/mol. The van der Waals surface area contributed by atoms with Crippen molar-refractivity contribution >= 4 is 5.91 Å². The molecule has 3 nitrogen and oxygen atoms in total. The molecule has 0 bridgehead atoms. The molecule has 0 spiro atoms. The first-order valence-electron chi connectivity index (χ1n) is 6.71. The number of hydrogen-bond donors (Lipinski definition) is 0. The number of carbonyl (C=O) groups is 1. The van der Waals surface area contributed by atoms with E-state index in [1.165, 1.54) is 19.3 Å². The summed E-state index contributed by atoms with van der Waals surface area (Å²) in [5, 5.41) is 0. The van der Waals surface area contributed by atoms with Gasteiger partial charge in [-0.05, 0) is 37.5 Å². The number of hydrogen-bond acceptors (Lipinski definition) is 2. The second kappa shape index (κ2) is 4.36. The van der Waals surface area contributed by atoms with Crippen molar-refractivity contribution in [2.75, 3.05) is 26.3 Å². The molecule has 2 unspecified atom stereocenters. The van der Waals surface area contributed by atoms with Gasteiger partial charge in [0.05, 0.1) is 0 Å². The lowest BCUT2D eigenvalue weighted by Crippen LogP contribution is -2.37. The van der Waals surface area contributed by atoms with Crippen LogP contribution >= 0.6 is 0 Å². The summed E-state index contributed by atoms with van der Waals surface area (Å²) >= 11 is 0. The number of amides is 1. The molecule has 90 valence electrons. The van der Waals surface area contributed by atoms with Gasteiger partial charge in [-0.15, -0.1) is 0 Å². The molecule has 0 aromatic carbocycles. The average Bonchev–Trinajstić information content (AvgIpc) is 2.89. The maximum absolute atomic E-state index is 12.3. The van der Waals surface area contributed by atoms with Crippen molar-refractivity contribution in [1.29, 1.82) is 0 Å². The van der Waals surface area contributed by atoms with Crippen LogP contribution in [0.3, 0.4) is 0 Å². The standard InChI is InChI=1S/C13H21NO2/c15-13(10-4-6-16-7-5-10)14-8-11-2-1-3-12(11)9-14/h10-12H,1-9H2.